The second-order valence-corrected chi connectivity index (χ2v) is 2.77. The number of aromatic nitrogens is 1. The van der Waals surface area contributed by atoms with Gasteiger partial charge >= 0.3 is 5.97 Å². The molecule has 0 aliphatic heterocycles. The highest BCUT2D eigenvalue weighted by atomic mass is 16.5. The van der Waals surface area contributed by atoms with Gasteiger partial charge in [0.15, 0.2) is 0 Å². The SMILES string of the molecule is COC(=O)CNC(=O)c1cncc(N)c1. The van der Waals surface area contributed by atoms with E-state index in [-0.39, 0.29) is 6.54 Å². The van der Waals surface area contributed by atoms with Gasteiger partial charge in [0, 0.05) is 12.4 Å². The number of nitrogens with zero attached hydrogens (tertiary/aromatic N) is 1. The number of amides is 1. The molecule has 1 rings (SSSR count). The predicted molar refractivity (Wildman–Crippen MR) is 53.0 cm³/mol. The zero-order chi connectivity index (χ0) is 11.3. The topological polar surface area (TPSA) is 94.3 Å². The summed E-state index contributed by atoms with van der Waals surface area (Å²) >= 11 is 0. The van der Waals surface area contributed by atoms with Crippen molar-refractivity contribution >= 4 is 17.6 Å². The maximum atomic E-state index is 11.4. The van der Waals surface area contributed by atoms with Gasteiger partial charge in [-0.1, -0.05) is 0 Å². The fourth-order valence-electron chi connectivity index (χ4n) is 0.909. The molecule has 0 fully saturated rings. The van der Waals surface area contributed by atoms with E-state index in [2.05, 4.69) is 15.0 Å². The van der Waals surface area contributed by atoms with Gasteiger partial charge in [0.1, 0.15) is 6.54 Å². The number of pyridine rings is 1. The molecule has 0 atom stereocenters. The van der Waals surface area contributed by atoms with Crippen molar-refractivity contribution in [1.82, 2.24) is 10.3 Å². The van der Waals surface area contributed by atoms with E-state index in [0.717, 1.165) is 0 Å². The lowest BCUT2D eigenvalue weighted by Gasteiger charge is -2.03. The molecule has 80 valence electrons. The molecular weight excluding hydrogens is 198 g/mol. The molecule has 6 nitrogen and oxygen atoms in total. The number of rotatable bonds is 3. The van der Waals surface area contributed by atoms with E-state index in [1.165, 1.54) is 25.6 Å². The van der Waals surface area contributed by atoms with Crippen LogP contribution in [0.25, 0.3) is 0 Å². The molecule has 0 saturated heterocycles. The number of anilines is 1. The van der Waals surface area contributed by atoms with E-state index in [9.17, 15) is 9.59 Å². The summed E-state index contributed by atoms with van der Waals surface area (Å²) in [4.78, 5) is 25.9. The fourth-order valence-corrected chi connectivity index (χ4v) is 0.909. The standard InChI is InChI=1S/C9H11N3O3/c1-15-8(13)5-12-9(14)6-2-7(10)4-11-3-6/h2-4H,5,10H2,1H3,(H,12,14). The lowest BCUT2D eigenvalue weighted by atomic mass is 10.2. The first-order chi connectivity index (χ1) is 7.13. The summed E-state index contributed by atoms with van der Waals surface area (Å²) in [7, 11) is 1.25. The Balaban J connectivity index is 2.58. The third-order valence-corrected chi connectivity index (χ3v) is 1.64. The van der Waals surface area contributed by atoms with E-state index in [1.54, 1.807) is 0 Å². The van der Waals surface area contributed by atoms with Crippen LogP contribution in [0.15, 0.2) is 18.5 Å². The maximum Gasteiger partial charge on any atom is 0.325 e. The van der Waals surface area contributed by atoms with Crippen LogP contribution in [0.5, 0.6) is 0 Å². The van der Waals surface area contributed by atoms with Crippen molar-refractivity contribution in [2.75, 3.05) is 19.4 Å². The number of methoxy groups -OCH3 is 1. The summed E-state index contributed by atoms with van der Waals surface area (Å²) in [6.07, 6.45) is 2.79. The van der Waals surface area contributed by atoms with Crippen molar-refractivity contribution < 1.29 is 14.3 Å². The first kappa shape index (κ1) is 11.0. The third-order valence-electron chi connectivity index (χ3n) is 1.64. The van der Waals surface area contributed by atoms with Crippen LogP contribution in [0, 0.1) is 0 Å². The Morgan fingerprint density at radius 1 is 1.53 bits per heavy atom. The number of hydrogen-bond acceptors (Lipinski definition) is 5. The number of carbonyl (C=O) groups excluding carboxylic acids is 2. The number of nitrogens with one attached hydrogen (secondary N) is 1. The number of carbonyl (C=O) groups is 2. The first-order valence-corrected chi connectivity index (χ1v) is 4.19. The van der Waals surface area contributed by atoms with E-state index in [4.69, 9.17) is 5.73 Å². The van der Waals surface area contributed by atoms with Gasteiger partial charge in [0.05, 0.1) is 18.4 Å². The van der Waals surface area contributed by atoms with Crippen LogP contribution in [0.1, 0.15) is 10.4 Å². The maximum absolute atomic E-state index is 11.4. The van der Waals surface area contributed by atoms with Crippen LogP contribution in [0.4, 0.5) is 5.69 Å². The summed E-state index contributed by atoms with van der Waals surface area (Å²) in [5.74, 6) is -0.930. The van der Waals surface area contributed by atoms with Crippen molar-refractivity contribution in [2.45, 2.75) is 0 Å². The molecule has 6 heteroatoms. The summed E-state index contributed by atoms with van der Waals surface area (Å²) in [6, 6.07) is 1.47. The minimum atomic E-state index is -0.514. The molecule has 1 heterocycles. The fraction of sp³-hybridized carbons (Fsp3) is 0.222. The summed E-state index contributed by atoms with van der Waals surface area (Å²) in [6.45, 7) is -0.176. The van der Waals surface area contributed by atoms with Gasteiger partial charge < -0.3 is 15.8 Å². The van der Waals surface area contributed by atoms with Crippen LogP contribution in [0.2, 0.25) is 0 Å². The van der Waals surface area contributed by atoms with Crippen molar-refractivity contribution in [3.63, 3.8) is 0 Å². The van der Waals surface area contributed by atoms with Gasteiger partial charge in [-0.2, -0.15) is 0 Å². The summed E-state index contributed by atoms with van der Waals surface area (Å²) < 4.78 is 4.37. The molecule has 1 amide bonds. The second-order valence-electron chi connectivity index (χ2n) is 2.77. The molecule has 0 aromatic carbocycles. The highest BCUT2D eigenvalue weighted by molar-refractivity contribution is 5.96. The van der Waals surface area contributed by atoms with Gasteiger partial charge in [-0.15, -0.1) is 0 Å². The highest BCUT2D eigenvalue weighted by Gasteiger charge is 2.08. The van der Waals surface area contributed by atoms with Gasteiger partial charge in [0.25, 0.3) is 5.91 Å². The number of nitrogens with two attached hydrogens (primary N) is 1. The Kier molecular flexibility index (Phi) is 3.61. The second kappa shape index (κ2) is 4.94. The smallest absolute Gasteiger partial charge is 0.325 e. The minimum absolute atomic E-state index is 0.176. The number of hydrogen-bond donors (Lipinski definition) is 2. The van der Waals surface area contributed by atoms with Crippen LogP contribution < -0.4 is 11.1 Å². The van der Waals surface area contributed by atoms with Gasteiger partial charge in [-0.25, -0.2) is 0 Å². The predicted octanol–water partition coefficient (Wildman–Crippen LogP) is -0.433. The summed E-state index contributed by atoms with van der Waals surface area (Å²) in [5, 5.41) is 2.37. The molecule has 1 aromatic heterocycles. The molecule has 0 aliphatic rings. The Labute approximate surface area is 86.4 Å². The van der Waals surface area contributed by atoms with Crippen molar-refractivity contribution in [1.29, 1.82) is 0 Å². The van der Waals surface area contributed by atoms with Crippen molar-refractivity contribution in [3.05, 3.63) is 24.0 Å². The van der Waals surface area contributed by atoms with Crippen LogP contribution in [-0.2, 0) is 9.53 Å². The lowest BCUT2D eigenvalue weighted by molar-refractivity contribution is -0.139. The average Bonchev–Trinajstić information content (AvgIpc) is 2.25. The Hall–Kier alpha value is -2.11. The van der Waals surface area contributed by atoms with Gasteiger partial charge in [0.2, 0.25) is 0 Å². The Morgan fingerprint density at radius 2 is 2.27 bits per heavy atom. The highest BCUT2D eigenvalue weighted by Crippen LogP contribution is 2.02. The Morgan fingerprint density at radius 3 is 2.87 bits per heavy atom. The zero-order valence-electron chi connectivity index (χ0n) is 8.19. The summed E-state index contributed by atoms with van der Waals surface area (Å²) in [5.41, 5.74) is 6.14. The molecule has 0 aliphatic carbocycles. The van der Waals surface area contributed by atoms with Gasteiger partial charge in [-0.3, -0.25) is 14.6 Å². The largest absolute Gasteiger partial charge is 0.468 e. The van der Waals surface area contributed by atoms with E-state index in [0.29, 0.717) is 11.3 Å². The van der Waals surface area contributed by atoms with Crippen LogP contribution >= 0.6 is 0 Å². The zero-order valence-corrected chi connectivity index (χ0v) is 8.19. The molecule has 1 aromatic rings. The van der Waals surface area contributed by atoms with E-state index >= 15 is 0 Å². The molecule has 15 heavy (non-hydrogen) atoms. The quantitative estimate of drug-likeness (QED) is 0.658. The van der Waals surface area contributed by atoms with Crippen molar-refractivity contribution in [2.24, 2.45) is 0 Å². The lowest BCUT2D eigenvalue weighted by Crippen LogP contribution is -2.30. The monoisotopic (exact) mass is 209 g/mol. The molecule has 0 bridgehead atoms. The number of ether oxygens (including phenoxy) is 1. The third kappa shape index (κ3) is 3.26. The molecule has 0 saturated carbocycles. The number of nitrogen functional groups attached to an aromatic ring is 1. The van der Waals surface area contributed by atoms with Gasteiger partial charge in [-0.05, 0) is 6.07 Å². The average molecular weight is 209 g/mol. The minimum Gasteiger partial charge on any atom is -0.468 e. The molecule has 0 spiro atoms. The van der Waals surface area contributed by atoms with Crippen LogP contribution in [-0.4, -0.2) is 30.5 Å². The first-order valence-electron chi connectivity index (χ1n) is 4.19. The number of esters is 1. The molecule has 0 unspecified atom stereocenters. The molecule has 3 N–H and O–H groups in total. The van der Waals surface area contributed by atoms with Crippen LogP contribution in [0.3, 0.4) is 0 Å². The van der Waals surface area contributed by atoms with E-state index < -0.39 is 11.9 Å². The van der Waals surface area contributed by atoms with E-state index in [1.807, 2.05) is 0 Å². The molecule has 0 radical (unpaired) electrons. The Bertz CT molecular complexity index is 379. The van der Waals surface area contributed by atoms with Crippen molar-refractivity contribution in [3.8, 4) is 0 Å². The molecular formula is C9H11N3O3. The normalized spacial score (nSPS) is 9.40.